The number of nitrogens with one attached hydrogen (secondary N) is 1. The maximum absolute atomic E-state index is 11.9. The highest BCUT2D eigenvalue weighted by atomic mass is 16.4. The number of aliphatic carboxylic acids is 1. The van der Waals surface area contributed by atoms with Crippen LogP contribution in [0.15, 0.2) is 0 Å². The molecule has 4 N–H and O–H groups in total. The molecule has 22 heavy (non-hydrogen) atoms. The summed E-state index contributed by atoms with van der Waals surface area (Å²) in [5, 5.41) is 11.8. The maximum atomic E-state index is 11.9. The fourth-order valence-electron chi connectivity index (χ4n) is 2.56. The number of rotatable bonds is 12. The smallest absolute Gasteiger partial charge is 0.303 e. The number of hydrogen-bond acceptors (Lipinski definition) is 3. The van der Waals surface area contributed by atoms with E-state index in [1.807, 2.05) is 0 Å². The molecule has 0 spiro atoms. The predicted molar refractivity (Wildman–Crippen MR) is 89.5 cm³/mol. The lowest BCUT2D eigenvalue weighted by atomic mass is 9.91. The molecule has 4 unspecified atom stereocenters. The molecule has 0 saturated heterocycles. The van der Waals surface area contributed by atoms with Crippen molar-refractivity contribution >= 4 is 11.9 Å². The summed E-state index contributed by atoms with van der Waals surface area (Å²) in [4.78, 5) is 22.9. The van der Waals surface area contributed by atoms with Crippen molar-refractivity contribution in [3.8, 4) is 0 Å². The molecule has 0 aliphatic heterocycles. The molecule has 0 aromatic rings. The molecular weight excluding hydrogens is 280 g/mol. The number of carboxylic acids is 1. The zero-order valence-corrected chi connectivity index (χ0v) is 14.6. The van der Waals surface area contributed by atoms with Gasteiger partial charge in [0.1, 0.15) is 0 Å². The van der Waals surface area contributed by atoms with E-state index in [0.29, 0.717) is 24.8 Å². The maximum Gasteiger partial charge on any atom is 0.303 e. The van der Waals surface area contributed by atoms with Crippen LogP contribution in [0.2, 0.25) is 0 Å². The van der Waals surface area contributed by atoms with E-state index in [-0.39, 0.29) is 24.3 Å². The third-order valence-electron chi connectivity index (χ3n) is 4.33. The first-order valence-corrected chi connectivity index (χ1v) is 8.52. The lowest BCUT2D eigenvalue weighted by molar-refractivity contribution is -0.138. The molecule has 5 nitrogen and oxygen atoms in total. The summed E-state index contributed by atoms with van der Waals surface area (Å²) in [6.07, 6.45) is 4.16. The van der Waals surface area contributed by atoms with E-state index >= 15 is 0 Å². The van der Waals surface area contributed by atoms with Gasteiger partial charge in [-0.15, -0.1) is 0 Å². The average Bonchev–Trinajstić information content (AvgIpc) is 2.43. The van der Waals surface area contributed by atoms with Crippen molar-refractivity contribution in [1.29, 1.82) is 0 Å². The van der Waals surface area contributed by atoms with E-state index < -0.39 is 5.97 Å². The SMILES string of the molecule is CCC(C)CC(N)CC(=O)NCC(CC(=O)O)CC(C)CC. The van der Waals surface area contributed by atoms with Gasteiger partial charge in [-0.25, -0.2) is 0 Å². The first-order valence-electron chi connectivity index (χ1n) is 8.52. The van der Waals surface area contributed by atoms with Crippen LogP contribution in [0.4, 0.5) is 0 Å². The molecular formula is C17H34N2O3. The van der Waals surface area contributed by atoms with Gasteiger partial charge in [0.15, 0.2) is 0 Å². The number of nitrogens with two attached hydrogens (primary N) is 1. The van der Waals surface area contributed by atoms with Gasteiger partial charge in [-0.3, -0.25) is 9.59 Å². The number of carbonyl (C=O) groups excluding carboxylic acids is 1. The lowest BCUT2D eigenvalue weighted by Crippen LogP contribution is -2.36. The first kappa shape index (κ1) is 20.9. The Hall–Kier alpha value is -1.10. The molecule has 0 aliphatic rings. The number of carboxylic acid groups (broad SMARTS) is 1. The van der Waals surface area contributed by atoms with Crippen molar-refractivity contribution in [1.82, 2.24) is 5.32 Å². The van der Waals surface area contributed by atoms with Crippen molar-refractivity contribution in [2.75, 3.05) is 6.54 Å². The van der Waals surface area contributed by atoms with E-state index in [9.17, 15) is 9.59 Å². The fourth-order valence-corrected chi connectivity index (χ4v) is 2.56. The molecule has 0 radical (unpaired) electrons. The van der Waals surface area contributed by atoms with Crippen molar-refractivity contribution in [3.05, 3.63) is 0 Å². The Labute approximate surface area is 135 Å². The van der Waals surface area contributed by atoms with Crippen LogP contribution >= 0.6 is 0 Å². The molecule has 1 amide bonds. The first-order chi connectivity index (χ1) is 10.3. The van der Waals surface area contributed by atoms with Gasteiger partial charge in [0, 0.05) is 25.4 Å². The third-order valence-corrected chi connectivity index (χ3v) is 4.33. The Morgan fingerprint density at radius 2 is 1.59 bits per heavy atom. The van der Waals surface area contributed by atoms with Crippen molar-refractivity contribution in [3.63, 3.8) is 0 Å². The minimum Gasteiger partial charge on any atom is -0.481 e. The Morgan fingerprint density at radius 3 is 2.09 bits per heavy atom. The van der Waals surface area contributed by atoms with Crippen LogP contribution in [0, 0.1) is 17.8 Å². The van der Waals surface area contributed by atoms with Crippen LogP contribution in [0.3, 0.4) is 0 Å². The summed E-state index contributed by atoms with van der Waals surface area (Å²) >= 11 is 0. The topological polar surface area (TPSA) is 92.4 Å². The summed E-state index contributed by atoms with van der Waals surface area (Å²) in [6, 6.07) is -0.123. The van der Waals surface area contributed by atoms with Crippen molar-refractivity contribution < 1.29 is 14.7 Å². The molecule has 130 valence electrons. The normalized spacial score (nSPS) is 16.6. The van der Waals surface area contributed by atoms with Gasteiger partial charge in [-0.1, -0.05) is 40.5 Å². The molecule has 0 bridgehead atoms. The molecule has 4 atom stereocenters. The van der Waals surface area contributed by atoms with Crippen LogP contribution in [-0.2, 0) is 9.59 Å². The van der Waals surface area contributed by atoms with Gasteiger partial charge in [-0.2, -0.15) is 0 Å². The van der Waals surface area contributed by atoms with Crippen LogP contribution in [-0.4, -0.2) is 29.6 Å². The summed E-state index contributed by atoms with van der Waals surface area (Å²) < 4.78 is 0. The molecule has 0 aliphatic carbocycles. The van der Waals surface area contributed by atoms with Gasteiger partial charge < -0.3 is 16.2 Å². The Balaban J connectivity index is 4.21. The molecule has 0 aromatic carbocycles. The molecule has 0 saturated carbocycles. The standard InChI is InChI=1S/C17H34N2O3/c1-5-12(3)7-14(9-17(21)22)11-19-16(20)10-15(18)8-13(4)6-2/h12-15H,5-11,18H2,1-4H3,(H,19,20)(H,21,22). The van der Waals surface area contributed by atoms with E-state index in [4.69, 9.17) is 10.8 Å². The van der Waals surface area contributed by atoms with Gasteiger partial charge >= 0.3 is 5.97 Å². The van der Waals surface area contributed by atoms with Crippen molar-refractivity contribution in [2.24, 2.45) is 23.5 Å². The van der Waals surface area contributed by atoms with Crippen molar-refractivity contribution in [2.45, 2.75) is 72.3 Å². The summed E-state index contributed by atoms with van der Waals surface area (Å²) in [5.41, 5.74) is 5.99. The zero-order chi connectivity index (χ0) is 17.1. The van der Waals surface area contributed by atoms with E-state index in [2.05, 4.69) is 33.0 Å². The minimum atomic E-state index is -0.809. The Kier molecular flexibility index (Phi) is 10.9. The molecule has 0 heterocycles. The Bertz CT molecular complexity index is 334. The van der Waals surface area contributed by atoms with E-state index in [1.165, 1.54) is 0 Å². The van der Waals surface area contributed by atoms with E-state index in [0.717, 1.165) is 25.7 Å². The summed E-state index contributed by atoms with van der Waals surface area (Å²) in [5.74, 6) is 0.0930. The molecule has 0 aromatic heterocycles. The molecule has 5 heteroatoms. The van der Waals surface area contributed by atoms with Gasteiger partial charge in [0.2, 0.25) is 5.91 Å². The van der Waals surface area contributed by atoms with Crippen LogP contribution in [0.25, 0.3) is 0 Å². The van der Waals surface area contributed by atoms with Gasteiger partial charge in [0.25, 0.3) is 0 Å². The van der Waals surface area contributed by atoms with Crippen LogP contribution in [0.5, 0.6) is 0 Å². The number of carbonyl (C=O) groups is 2. The molecule has 0 fully saturated rings. The highest BCUT2D eigenvalue weighted by Gasteiger charge is 2.18. The molecule has 0 rings (SSSR count). The monoisotopic (exact) mass is 314 g/mol. The van der Waals surface area contributed by atoms with Crippen LogP contribution < -0.4 is 11.1 Å². The van der Waals surface area contributed by atoms with Gasteiger partial charge in [-0.05, 0) is 30.6 Å². The second-order valence-electron chi connectivity index (χ2n) is 6.73. The predicted octanol–water partition coefficient (Wildman–Crippen LogP) is 2.78. The highest BCUT2D eigenvalue weighted by Crippen LogP contribution is 2.18. The largest absolute Gasteiger partial charge is 0.481 e. The fraction of sp³-hybridized carbons (Fsp3) is 0.882. The highest BCUT2D eigenvalue weighted by molar-refractivity contribution is 5.76. The Morgan fingerprint density at radius 1 is 1.05 bits per heavy atom. The van der Waals surface area contributed by atoms with Gasteiger partial charge in [0.05, 0.1) is 0 Å². The third kappa shape index (κ3) is 10.6. The average molecular weight is 314 g/mol. The minimum absolute atomic E-state index is 0.0119. The second kappa shape index (κ2) is 11.5. The summed E-state index contributed by atoms with van der Waals surface area (Å²) in [7, 11) is 0. The zero-order valence-electron chi connectivity index (χ0n) is 14.6. The van der Waals surface area contributed by atoms with Crippen LogP contribution in [0.1, 0.15) is 66.2 Å². The quantitative estimate of drug-likeness (QED) is 0.516. The summed E-state index contributed by atoms with van der Waals surface area (Å²) in [6.45, 7) is 8.87. The van der Waals surface area contributed by atoms with E-state index in [1.54, 1.807) is 0 Å². The number of amides is 1. The lowest BCUT2D eigenvalue weighted by Gasteiger charge is -2.20. The number of hydrogen-bond donors (Lipinski definition) is 3. The second-order valence-corrected chi connectivity index (χ2v) is 6.73.